The lowest BCUT2D eigenvalue weighted by atomic mass is 10.3. The van der Waals surface area contributed by atoms with Crippen LogP contribution in [-0.4, -0.2) is 29.9 Å². The molecule has 7 heteroatoms. The van der Waals surface area contributed by atoms with Crippen LogP contribution in [-0.2, 0) is 6.54 Å². The summed E-state index contributed by atoms with van der Waals surface area (Å²) in [5, 5.41) is 2.94. The van der Waals surface area contributed by atoms with Gasteiger partial charge in [0.2, 0.25) is 0 Å². The number of thioether (sulfide) groups is 1. The summed E-state index contributed by atoms with van der Waals surface area (Å²) in [7, 11) is 1.81. The number of halogens is 3. The molecule has 0 unspecified atom stereocenters. The van der Waals surface area contributed by atoms with Crippen LogP contribution in [0.2, 0.25) is 0 Å². The molecule has 1 N–H and O–H groups in total. The van der Waals surface area contributed by atoms with Crippen LogP contribution < -0.4 is 10.1 Å². The topological polar surface area (TPSA) is 34.1 Å². The van der Waals surface area contributed by atoms with Gasteiger partial charge in [-0.05, 0) is 30.9 Å². The van der Waals surface area contributed by atoms with Gasteiger partial charge >= 0.3 is 5.51 Å². The molecule has 0 aliphatic carbocycles. The van der Waals surface area contributed by atoms with Gasteiger partial charge in [-0.25, -0.2) is 0 Å². The van der Waals surface area contributed by atoms with E-state index in [1.165, 1.54) is 6.20 Å². The van der Waals surface area contributed by atoms with Gasteiger partial charge in [0.1, 0.15) is 5.75 Å². The van der Waals surface area contributed by atoms with E-state index in [2.05, 4.69) is 10.3 Å². The molecule has 0 saturated heterocycles. The molecular weight excluding hydrogens is 253 g/mol. The zero-order valence-corrected chi connectivity index (χ0v) is 10.1. The summed E-state index contributed by atoms with van der Waals surface area (Å²) >= 11 is -0.0913. The summed E-state index contributed by atoms with van der Waals surface area (Å²) in [5.74, 6) is 0.356. The van der Waals surface area contributed by atoms with E-state index in [0.29, 0.717) is 12.3 Å². The molecule has 1 heterocycles. The Bertz CT molecular complexity index is 329. The lowest BCUT2D eigenvalue weighted by molar-refractivity contribution is -0.0329. The zero-order chi connectivity index (χ0) is 12.7. The quantitative estimate of drug-likeness (QED) is 0.802. The highest BCUT2D eigenvalue weighted by Gasteiger charge is 2.27. The molecule has 3 nitrogen and oxygen atoms in total. The number of aromatic nitrogens is 1. The van der Waals surface area contributed by atoms with Gasteiger partial charge in [0.15, 0.2) is 0 Å². The fourth-order valence-electron chi connectivity index (χ4n) is 1.10. The number of nitrogens with zero attached hydrogens (tertiary/aromatic N) is 1. The average Bonchev–Trinajstić information content (AvgIpc) is 2.26. The minimum atomic E-state index is -4.20. The molecule has 0 amide bonds. The second-order valence-electron chi connectivity index (χ2n) is 3.16. The first-order valence-corrected chi connectivity index (χ1v) is 5.93. The van der Waals surface area contributed by atoms with Crippen LogP contribution in [0.1, 0.15) is 5.69 Å². The number of hydrogen-bond donors (Lipinski definition) is 1. The predicted molar refractivity (Wildman–Crippen MR) is 61.0 cm³/mol. The van der Waals surface area contributed by atoms with Crippen LogP contribution in [0.3, 0.4) is 0 Å². The lowest BCUT2D eigenvalue weighted by Crippen LogP contribution is -2.08. The van der Waals surface area contributed by atoms with E-state index in [4.69, 9.17) is 4.74 Å². The first kappa shape index (κ1) is 14.1. The van der Waals surface area contributed by atoms with E-state index in [0.717, 1.165) is 5.69 Å². The number of nitrogens with one attached hydrogen (secondary N) is 1. The highest BCUT2D eigenvalue weighted by molar-refractivity contribution is 8.00. The second-order valence-corrected chi connectivity index (χ2v) is 4.32. The third-order valence-electron chi connectivity index (χ3n) is 1.77. The van der Waals surface area contributed by atoms with Gasteiger partial charge in [0, 0.05) is 12.3 Å². The Balaban J connectivity index is 2.27. The molecule has 0 saturated carbocycles. The van der Waals surface area contributed by atoms with E-state index < -0.39 is 5.51 Å². The molecule has 0 fully saturated rings. The third-order valence-corrected chi connectivity index (χ3v) is 2.47. The van der Waals surface area contributed by atoms with E-state index in [9.17, 15) is 13.2 Å². The van der Waals surface area contributed by atoms with Crippen LogP contribution in [0.4, 0.5) is 13.2 Å². The second kappa shape index (κ2) is 6.70. The fraction of sp³-hybridized carbons (Fsp3) is 0.500. The Kier molecular flexibility index (Phi) is 5.57. The largest absolute Gasteiger partial charge is 0.491 e. The van der Waals surface area contributed by atoms with Gasteiger partial charge in [-0.3, -0.25) is 4.98 Å². The first-order chi connectivity index (χ1) is 8.01. The molecule has 1 aromatic rings. The van der Waals surface area contributed by atoms with Gasteiger partial charge in [-0.2, -0.15) is 13.2 Å². The van der Waals surface area contributed by atoms with Crippen molar-refractivity contribution in [2.24, 2.45) is 0 Å². The Morgan fingerprint density at radius 2 is 2.18 bits per heavy atom. The summed E-state index contributed by atoms with van der Waals surface area (Å²) in [6, 6.07) is 3.46. The monoisotopic (exact) mass is 266 g/mol. The van der Waals surface area contributed by atoms with Gasteiger partial charge in [-0.1, -0.05) is 0 Å². The predicted octanol–water partition coefficient (Wildman–Crippen LogP) is 2.43. The zero-order valence-electron chi connectivity index (χ0n) is 9.25. The van der Waals surface area contributed by atoms with Crippen LogP contribution in [0, 0.1) is 0 Å². The van der Waals surface area contributed by atoms with Crippen molar-refractivity contribution in [3.8, 4) is 5.75 Å². The van der Waals surface area contributed by atoms with E-state index in [1.54, 1.807) is 19.2 Å². The Hall–Kier alpha value is -0.950. The van der Waals surface area contributed by atoms with Gasteiger partial charge in [0.25, 0.3) is 0 Å². The first-order valence-electron chi connectivity index (χ1n) is 4.94. The fourth-order valence-corrected chi connectivity index (χ4v) is 1.50. The van der Waals surface area contributed by atoms with Crippen molar-refractivity contribution in [2.45, 2.75) is 12.1 Å². The molecule has 17 heavy (non-hydrogen) atoms. The van der Waals surface area contributed by atoms with Crippen LogP contribution in [0.25, 0.3) is 0 Å². The third kappa shape index (κ3) is 6.38. The number of hydrogen-bond acceptors (Lipinski definition) is 4. The van der Waals surface area contributed by atoms with Crippen LogP contribution in [0.5, 0.6) is 5.75 Å². The van der Waals surface area contributed by atoms with Gasteiger partial charge in [-0.15, -0.1) is 0 Å². The van der Waals surface area contributed by atoms with Crippen molar-refractivity contribution in [1.82, 2.24) is 10.3 Å². The summed E-state index contributed by atoms with van der Waals surface area (Å²) in [5.41, 5.74) is -3.34. The number of rotatable bonds is 6. The Labute approximate surface area is 102 Å². The van der Waals surface area contributed by atoms with Crippen LogP contribution in [0.15, 0.2) is 18.3 Å². The Morgan fingerprint density at radius 3 is 2.71 bits per heavy atom. The summed E-state index contributed by atoms with van der Waals surface area (Å²) in [6.07, 6.45) is 1.50. The minimum absolute atomic E-state index is 0.0111. The molecule has 1 aromatic heterocycles. The number of alkyl halides is 3. The molecule has 0 aliphatic rings. The number of ether oxygens (including phenoxy) is 1. The van der Waals surface area contributed by atoms with Crippen molar-refractivity contribution in [3.63, 3.8) is 0 Å². The maximum atomic E-state index is 11.8. The summed E-state index contributed by atoms with van der Waals surface area (Å²) in [4.78, 5) is 4.08. The van der Waals surface area contributed by atoms with Gasteiger partial charge in [0.05, 0.1) is 18.5 Å². The van der Waals surface area contributed by atoms with E-state index in [-0.39, 0.29) is 24.1 Å². The molecule has 0 atom stereocenters. The van der Waals surface area contributed by atoms with Crippen molar-refractivity contribution in [2.75, 3.05) is 19.4 Å². The lowest BCUT2D eigenvalue weighted by Gasteiger charge is -2.08. The molecule has 0 aliphatic heterocycles. The van der Waals surface area contributed by atoms with Crippen molar-refractivity contribution < 1.29 is 17.9 Å². The maximum Gasteiger partial charge on any atom is 0.441 e. The average molecular weight is 266 g/mol. The van der Waals surface area contributed by atoms with E-state index in [1.807, 2.05) is 0 Å². The smallest absolute Gasteiger partial charge is 0.441 e. The van der Waals surface area contributed by atoms with E-state index >= 15 is 0 Å². The molecule has 0 spiro atoms. The maximum absolute atomic E-state index is 11.8. The van der Waals surface area contributed by atoms with Crippen molar-refractivity contribution >= 4 is 11.8 Å². The molecule has 1 rings (SSSR count). The summed E-state index contributed by atoms with van der Waals surface area (Å²) < 4.78 is 40.6. The molecule has 0 bridgehead atoms. The number of pyridine rings is 1. The van der Waals surface area contributed by atoms with Crippen molar-refractivity contribution in [1.29, 1.82) is 0 Å². The summed E-state index contributed by atoms with van der Waals surface area (Å²) in [6.45, 7) is 0.654. The molecule has 0 aromatic carbocycles. The molecule has 0 radical (unpaired) electrons. The SMILES string of the molecule is CNCc1ccc(OCCSC(F)(F)F)cn1. The highest BCUT2D eigenvalue weighted by atomic mass is 32.2. The Morgan fingerprint density at radius 1 is 1.41 bits per heavy atom. The molecule has 96 valence electrons. The van der Waals surface area contributed by atoms with Crippen molar-refractivity contribution in [3.05, 3.63) is 24.0 Å². The standard InChI is InChI=1S/C10H13F3N2OS/c1-14-6-8-2-3-9(7-15-8)16-4-5-17-10(11,12)13/h2-3,7,14H,4-6H2,1H3. The van der Waals surface area contributed by atoms with Crippen LogP contribution >= 0.6 is 11.8 Å². The normalized spacial score (nSPS) is 11.5. The van der Waals surface area contributed by atoms with Gasteiger partial charge < -0.3 is 10.1 Å². The minimum Gasteiger partial charge on any atom is -0.491 e. The molecular formula is C10H13F3N2OS. The highest BCUT2D eigenvalue weighted by Crippen LogP contribution is 2.29.